The van der Waals surface area contributed by atoms with Crippen molar-refractivity contribution in [1.29, 1.82) is 0 Å². The minimum atomic E-state index is -0.0982. The minimum Gasteiger partial charge on any atom is -0.467 e. The number of rotatable bonds is 3. The molecule has 1 saturated heterocycles. The third-order valence-corrected chi connectivity index (χ3v) is 2.72. The first kappa shape index (κ1) is 10.6. The van der Waals surface area contributed by atoms with E-state index >= 15 is 0 Å². The van der Waals surface area contributed by atoms with Crippen LogP contribution in [-0.2, 0) is 4.74 Å². The van der Waals surface area contributed by atoms with Crippen LogP contribution in [0, 0.1) is 0 Å². The van der Waals surface area contributed by atoms with Gasteiger partial charge in [-0.25, -0.2) is 0 Å². The maximum Gasteiger partial charge on any atom is 0.127 e. The molecule has 1 unspecified atom stereocenters. The molecule has 0 aliphatic carbocycles. The normalized spacial score (nSPS) is 20.0. The SMILES string of the molecule is NC(=S)C(c1ccco1)N1CCOCC1. The van der Waals surface area contributed by atoms with Gasteiger partial charge in [0.25, 0.3) is 0 Å². The number of nitrogens with zero attached hydrogens (tertiary/aromatic N) is 1. The monoisotopic (exact) mass is 226 g/mol. The summed E-state index contributed by atoms with van der Waals surface area (Å²) in [7, 11) is 0. The van der Waals surface area contributed by atoms with Crippen LogP contribution in [0.3, 0.4) is 0 Å². The van der Waals surface area contributed by atoms with E-state index in [1.807, 2.05) is 12.1 Å². The summed E-state index contributed by atoms with van der Waals surface area (Å²) >= 11 is 5.08. The van der Waals surface area contributed by atoms with Gasteiger partial charge in [-0.3, -0.25) is 4.90 Å². The van der Waals surface area contributed by atoms with Crippen LogP contribution in [0.25, 0.3) is 0 Å². The number of hydrogen-bond acceptors (Lipinski definition) is 4. The fraction of sp³-hybridized carbons (Fsp3) is 0.500. The van der Waals surface area contributed by atoms with E-state index in [2.05, 4.69) is 4.90 Å². The van der Waals surface area contributed by atoms with Crippen LogP contribution >= 0.6 is 12.2 Å². The molecule has 1 aromatic heterocycles. The van der Waals surface area contributed by atoms with E-state index in [1.54, 1.807) is 6.26 Å². The van der Waals surface area contributed by atoms with Crippen LogP contribution < -0.4 is 5.73 Å². The Labute approximate surface area is 94.0 Å². The molecule has 0 aromatic carbocycles. The Morgan fingerprint density at radius 2 is 2.20 bits per heavy atom. The van der Waals surface area contributed by atoms with E-state index in [9.17, 15) is 0 Å². The zero-order valence-corrected chi connectivity index (χ0v) is 9.20. The molecule has 5 heteroatoms. The standard InChI is InChI=1S/C10H14N2O2S/c11-10(15)9(8-2-1-5-14-8)12-3-6-13-7-4-12/h1-2,5,9H,3-4,6-7H2,(H2,11,15). The first-order valence-electron chi connectivity index (χ1n) is 4.93. The van der Waals surface area contributed by atoms with Crippen molar-refractivity contribution in [3.05, 3.63) is 24.2 Å². The van der Waals surface area contributed by atoms with E-state index in [1.165, 1.54) is 0 Å². The number of hydrogen-bond donors (Lipinski definition) is 1. The second-order valence-electron chi connectivity index (χ2n) is 3.47. The van der Waals surface area contributed by atoms with Gasteiger partial charge in [0.1, 0.15) is 11.8 Å². The Bertz CT molecular complexity index is 320. The maximum absolute atomic E-state index is 5.75. The average Bonchev–Trinajstić information content (AvgIpc) is 2.72. The van der Waals surface area contributed by atoms with E-state index in [0.29, 0.717) is 4.99 Å². The van der Waals surface area contributed by atoms with Crippen molar-refractivity contribution in [1.82, 2.24) is 4.90 Å². The molecule has 0 saturated carbocycles. The Morgan fingerprint density at radius 1 is 1.47 bits per heavy atom. The number of furan rings is 1. The third kappa shape index (κ3) is 2.37. The largest absolute Gasteiger partial charge is 0.467 e. The molecule has 0 amide bonds. The highest BCUT2D eigenvalue weighted by molar-refractivity contribution is 7.80. The van der Waals surface area contributed by atoms with Gasteiger partial charge in [-0.15, -0.1) is 0 Å². The molecule has 1 aliphatic rings. The van der Waals surface area contributed by atoms with Crippen molar-refractivity contribution < 1.29 is 9.15 Å². The summed E-state index contributed by atoms with van der Waals surface area (Å²) in [6.45, 7) is 3.12. The molecule has 2 rings (SSSR count). The first-order valence-corrected chi connectivity index (χ1v) is 5.34. The number of ether oxygens (including phenoxy) is 1. The zero-order chi connectivity index (χ0) is 10.7. The molecular weight excluding hydrogens is 212 g/mol. The van der Waals surface area contributed by atoms with Gasteiger partial charge in [0.05, 0.1) is 24.5 Å². The molecule has 0 bridgehead atoms. The topological polar surface area (TPSA) is 51.6 Å². The van der Waals surface area contributed by atoms with Gasteiger partial charge in [0.15, 0.2) is 0 Å². The molecule has 0 spiro atoms. The average molecular weight is 226 g/mol. The highest BCUT2D eigenvalue weighted by Gasteiger charge is 2.26. The summed E-state index contributed by atoms with van der Waals surface area (Å²) in [5.41, 5.74) is 5.75. The molecule has 2 heterocycles. The fourth-order valence-electron chi connectivity index (χ4n) is 1.78. The quantitative estimate of drug-likeness (QED) is 0.777. The fourth-order valence-corrected chi connectivity index (χ4v) is 2.05. The number of thiocarbonyl (C=S) groups is 1. The lowest BCUT2D eigenvalue weighted by atomic mass is 10.2. The summed E-state index contributed by atoms with van der Waals surface area (Å²) in [6.07, 6.45) is 1.64. The van der Waals surface area contributed by atoms with Gasteiger partial charge < -0.3 is 14.9 Å². The highest BCUT2D eigenvalue weighted by atomic mass is 32.1. The van der Waals surface area contributed by atoms with Crippen molar-refractivity contribution in [3.8, 4) is 0 Å². The van der Waals surface area contributed by atoms with Crippen molar-refractivity contribution in [2.75, 3.05) is 26.3 Å². The molecule has 1 aliphatic heterocycles. The van der Waals surface area contributed by atoms with Crippen LogP contribution in [0.15, 0.2) is 22.8 Å². The van der Waals surface area contributed by atoms with Crippen molar-refractivity contribution in [2.24, 2.45) is 5.73 Å². The molecule has 2 N–H and O–H groups in total. The van der Waals surface area contributed by atoms with Crippen LogP contribution in [0.5, 0.6) is 0 Å². The maximum atomic E-state index is 5.75. The Balaban J connectivity index is 2.15. The molecule has 1 fully saturated rings. The molecule has 15 heavy (non-hydrogen) atoms. The van der Waals surface area contributed by atoms with Crippen molar-refractivity contribution in [3.63, 3.8) is 0 Å². The van der Waals surface area contributed by atoms with Crippen molar-refractivity contribution >= 4 is 17.2 Å². The Hall–Kier alpha value is -0.910. The van der Waals surface area contributed by atoms with Crippen LogP contribution in [0.1, 0.15) is 11.8 Å². The second-order valence-corrected chi connectivity index (χ2v) is 3.94. The lowest BCUT2D eigenvalue weighted by Gasteiger charge is -2.32. The number of nitrogens with two attached hydrogens (primary N) is 1. The molecule has 1 aromatic rings. The Morgan fingerprint density at radius 3 is 2.73 bits per heavy atom. The Kier molecular flexibility index (Phi) is 3.35. The predicted octanol–water partition coefficient (Wildman–Crippen LogP) is 0.939. The van der Waals surface area contributed by atoms with E-state index in [-0.39, 0.29) is 6.04 Å². The second kappa shape index (κ2) is 4.74. The lowest BCUT2D eigenvalue weighted by molar-refractivity contribution is 0.0256. The minimum absolute atomic E-state index is 0.0982. The third-order valence-electron chi connectivity index (χ3n) is 2.49. The van der Waals surface area contributed by atoms with Gasteiger partial charge in [0.2, 0.25) is 0 Å². The lowest BCUT2D eigenvalue weighted by Crippen LogP contribution is -2.43. The number of morpholine rings is 1. The van der Waals surface area contributed by atoms with Crippen LogP contribution in [0.4, 0.5) is 0 Å². The van der Waals surface area contributed by atoms with E-state index in [4.69, 9.17) is 27.1 Å². The first-order chi connectivity index (χ1) is 7.29. The van der Waals surface area contributed by atoms with Crippen molar-refractivity contribution in [2.45, 2.75) is 6.04 Å². The summed E-state index contributed by atoms with van der Waals surface area (Å²) in [4.78, 5) is 2.64. The van der Waals surface area contributed by atoms with Gasteiger partial charge >= 0.3 is 0 Å². The summed E-state index contributed by atoms with van der Waals surface area (Å²) < 4.78 is 10.7. The summed E-state index contributed by atoms with van der Waals surface area (Å²) in [5, 5.41) is 0. The van der Waals surface area contributed by atoms with Crippen LogP contribution in [0.2, 0.25) is 0 Å². The zero-order valence-electron chi connectivity index (χ0n) is 8.39. The highest BCUT2D eigenvalue weighted by Crippen LogP contribution is 2.22. The molecule has 0 radical (unpaired) electrons. The van der Waals surface area contributed by atoms with Gasteiger partial charge in [-0.2, -0.15) is 0 Å². The molecule has 4 nitrogen and oxygen atoms in total. The molecular formula is C10H14N2O2S. The summed E-state index contributed by atoms with van der Waals surface area (Å²) in [5.74, 6) is 0.810. The predicted molar refractivity (Wildman–Crippen MR) is 60.6 cm³/mol. The van der Waals surface area contributed by atoms with E-state index in [0.717, 1.165) is 32.1 Å². The van der Waals surface area contributed by atoms with E-state index < -0.39 is 0 Å². The molecule has 1 atom stereocenters. The summed E-state index contributed by atoms with van der Waals surface area (Å²) in [6, 6.07) is 3.65. The van der Waals surface area contributed by atoms with Gasteiger partial charge in [-0.1, -0.05) is 12.2 Å². The molecule has 82 valence electrons. The van der Waals surface area contributed by atoms with Gasteiger partial charge in [0, 0.05) is 13.1 Å². The van der Waals surface area contributed by atoms with Crippen LogP contribution in [-0.4, -0.2) is 36.2 Å². The van der Waals surface area contributed by atoms with Gasteiger partial charge in [-0.05, 0) is 12.1 Å². The smallest absolute Gasteiger partial charge is 0.127 e.